The predicted molar refractivity (Wildman–Crippen MR) is 82.7 cm³/mol. The van der Waals surface area contributed by atoms with Gasteiger partial charge in [-0.05, 0) is 42.3 Å². The lowest BCUT2D eigenvalue weighted by molar-refractivity contribution is 1.15. The van der Waals surface area contributed by atoms with Gasteiger partial charge in [-0.1, -0.05) is 51.3 Å². The summed E-state index contributed by atoms with van der Waals surface area (Å²) in [5, 5.41) is 4.53. The Morgan fingerprint density at radius 2 is 1.94 bits per heavy atom. The number of halogens is 3. The van der Waals surface area contributed by atoms with Crippen molar-refractivity contribution in [1.29, 1.82) is 0 Å². The number of anilines is 1. The molecule has 2 rings (SSSR count). The number of aryl methyl sites for hydroxylation is 1. The van der Waals surface area contributed by atoms with Crippen molar-refractivity contribution in [2.45, 2.75) is 13.5 Å². The largest absolute Gasteiger partial charge is 0.381 e. The van der Waals surface area contributed by atoms with Crippen LogP contribution in [-0.4, -0.2) is 0 Å². The van der Waals surface area contributed by atoms with Crippen LogP contribution in [0.4, 0.5) is 5.69 Å². The van der Waals surface area contributed by atoms with Crippen molar-refractivity contribution in [1.82, 2.24) is 0 Å². The number of hydrogen-bond acceptors (Lipinski definition) is 1. The Bertz CT molecular complexity index is 549. The molecule has 0 aliphatic heterocycles. The maximum Gasteiger partial charge on any atom is 0.0642 e. The third kappa shape index (κ3) is 3.41. The molecule has 0 fully saturated rings. The van der Waals surface area contributed by atoms with E-state index in [1.54, 1.807) is 6.07 Å². The van der Waals surface area contributed by atoms with E-state index in [1.165, 1.54) is 5.56 Å². The van der Waals surface area contributed by atoms with Crippen molar-refractivity contribution >= 4 is 44.8 Å². The fourth-order valence-electron chi connectivity index (χ4n) is 1.72. The lowest BCUT2D eigenvalue weighted by Crippen LogP contribution is -2.00. The van der Waals surface area contributed by atoms with Gasteiger partial charge >= 0.3 is 0 Å². The van der Waals surface area contributed by atoms with Crippen LogP contribution in [0.2, 0.25) is 10.0 Å². The topological polar surface area (TPSA) is 12.0 Å². The highest BCUT2D eigenvalue weighted by Crippen LogP contribution is 2.26. The number of nitrogens with one attached hydrogen (secondary N) is 1. The minimum Gasteiger partial charge on any atom is -0.381 e. The van der Waals surface area contributed by atoms with Crippen LogP contribution >= 0.6 is 39.1 Å². The molecule has 4 heteroatoms. The molecule has 2 aromatic carbocycles. The first kappa shape index (κ1) is 13.7. The van der Waals surface area contributed by atoms with Gasteiger partial charge in [0.25, 0.3) is 0 Å². The van der Waals surface area contributed by atoms with Crippen molar-refractivity contribution in [2.24, 2.45) is 0 Å². The summed E-state index contributed by atoms with van der Waals surface area (Å²) < 4.78 is 1.06. The van der Waals surface area contributed by atoms with Crippen LogP contribution in [0.5, 0.6) is 0 Å². The predicted octanol–water partition coefficient (Wildman–Crippen LogP) is 5.68. The van der Waals surface area contributed by atoms with Gasteiger partial charge in [0, 0.05) is 16.7 Å². The van der Waals surface area contributed by atoms with Crippen LogP contribution in [0.3, 0.4) is 0 Å². The van der Waals surface area contributed by atoms with E-state index in [0.29, 0.717) is 16.6 Å². The SMILES string of the molecule is Cc1cc(Br)cc(NCc2cccc(Cl)c2Cl)c1. The molecule has 0 aliphatic rings. The molecule has 0 amide bonds. The highest BCUT2D eigenvalue weighted by atomic mass is 79.9. The van der Waals surface area contributed by atoms with Gasteiger partial charge in [0.15, 0.2) is 0 Å². The average Bonchev–Trinajstić information content (AvgIpc) is 2.30. The molecule has 0 radical (unpaired) electrons. The number of benzene rings is 2. The molecular formula is C14H12BrCl2N. The zero-order chi connectivity index (χ0) is 13.1. The highest BCUT2D eigenvalue weighted by molar-refractivity contribution is 9.10. The summed E-state index contributed by atoms with van der Waals surface area (Å²) in [6, 6.07) is 11.8. The fraction of sp³-hybridized carbons (Fsp3) is 0.143. The molecule has 1 N–H and O–H groups in total. The van der Waals surface area contributed by atoms with Crippen molar-refractivity contribution in [3.63, 3.8) is 0 Å². The van der Waals surface area contributed by atoms with E-state index < -0.39 is 0 Å². The van der Waals surface area contributed by atoms with E-state index in [2.05, 4.69) is 40.3 Å². The molecule has 0 aromatic heterocycles. The molecule has 0 saturated heterocycles. The first-order chi connectivity index (χ1) is 8.56. The van der Waals surface area contributed by atoms with Crippen LogP contribution in [0, 0.1) is 6.92 Å². The molecule has 0 aliphatic carbocycles. The summed E-state index contributed by atoms with van der Waals surface area (Å²) in [7, 11) is 0. The zero-order valence-electron chi connectivity index (χ0n) is 9.81. The van der Waals surface area contributed by atoms with Gasteiger partial charge in [0.05, 0.1) is 10.0 Å². The second-order valence-corrected chi connectivity index (χ2v) is 5.78. The maximum atomic E-state index is 6.14. The molecule has 2 aromatic rings. The minimum absolute atomic E-state index is 0.585. The Morgan fingerprint density at radius 3 is 2.67 bits per heavy atom. The van der Waals surface area contributed by atoms with E-state index >= 15 is 0 Å². The lowest BCUT2D eigenvalue weighted by atomic mass is 10.2. The van der Waals surface area contributed by atoms with Crippen molar-refractivity contribution in [3.05, 3.63) is 62.0 Å². The van der Waals surface area contributed by atoms with Gasteiger partial charge in [-0.15, -0.1) is 0 Å². The lowest BCUT2D eigenvalue weighted by Gasteiger charge is -2.10. The van der Waals surface area contributed by atoms with Crippen molar-refractivity contribution < 1.29 is 0 Å². The van der Waals surface area contributed by atoms with Gasteiger partial charge in [0.2, 0.25) is 0 Å². The summed E-state index contributed by atoms with van der Waals surface area (Å²) in [6.45, 7) is 2.71. The summed E-state index contributed by atoms with van der Waals surface area (Å²) in [4.78, 5) is 0. The highest BCUT2D eigenvalue weighted by Gasteiger charge is 2.04. The summed E-state index contributed by atoms with van der Waals surface area (Å²) in [5.74, 6) is 0. The molecule has 0 atom stereocenters. The number of hydrogen-bond donors (Lipinski definition) is 1. The maximum absolute atomic E-state index is 6.14. The molecule has 18 heavy (non-hydrogen) atoms. The van der Waals surface area contributed by atoms with Crippen LogP contribution < -0.4 is 5.32 Å². The Hall–Kier alpha value is -0.700. The molecule has 1 nitrogen and oxygen atoms in total. The van der Waals surface area contributed by atoms with E-state index in [4.69, 9.17) is 23.2 Å². The average molecular weight is 345 g/mol. The van der Waals surface area contributed by atoms with E-state index in [0.717, 1.165) is 15.7 Å². The van der Waals surface area contributed by atoms with Gasteiger partial charge < -0.3 is 5.32 Å². The smallest absolute Gasteiger partial charge is 0.0642 e. The minimum atomic E-state index is 0.585. The monoisotopic (exact) mass is 343 g/mol. The molecule has 0 bridgehead atoms. The normalized spacial score (nSPS) is 10.4. The molecule has 94 valence electrons. The van der Waals surface area contributed by atoms with E-state index in [9.17, 15) is 0 Å². The van der Waals surface area contributed by atoms with Gasteiger partial charge in [0.1, 0.15) is 0 Å². The van der Waals surface area contributed by atoms with E-state index in [1.807, 2.05) is 18.2 Å². The Kier molecular flexibility index (Phi) is 4.55. The van der Waals surface area contributed by atoms with Gasteiger partial charge in [-0.2, -0.15) is 0 Å². The molecule has 0 heterocycles. The Balaban J connectivity index is 2.14. The van der Waals surface area contributed by atoms with Crippen molar-refractivity contribution in [3.8, 4) is 0 Å². The summed E-state index contributed by atoms with van der Waals surface area (Å²) in [6.07, 6.45) is 0. The van der Waals surface area contributed by atoms with Crippen molar-refractivity contribution in [2.75, 3.05) is 5.32 Å². The number of rotatable bonds is 3. The van der Waals surface area contributed by atoms with Crippen LogP contribution in [0.1, 0.15) is 11.1 Å². The quantitative estimate of drug-likeness (QED) is 0.755. The Morgan fingerprint density at radius 1 is 1.17 bits per heavy atom. The standard InChI is InChI=1S/C14H12BrCl2N/c1-9-5-11(15)7-12(6-9)18-8-10-3-2-4-13(16)14(10)17/h2-7,18H,8H2,1H3. The molecule has 0 unspecified atom stereocenters. The fourth-order valence-corrected chi connectivity index (χ4v) is 2.72. The first-order valence-corrected chi connectivity index (χ1v) is 7.05. The van der Waals surface area contributed by atoms with Crippen LogP contribution in [0.25, 0.3) is 0 Å². The van der Waals surface area contributed by atoms with Gasteiger partial charge in [-0.3, -0.25) is 0 Å². The van der Waals surface area contributed by atoms with E-state index in [-0.39, 0.29) is 0 Å². The summed E-state index contributed by atoms with van der Waals surface area (Å²) >= 11 is 15.6. The molecular weight excluding hydrogens is 333 g/mol. The van der Waals surface area contributed by atoms with Gasteiger partial charge in [-0.25, -0.2) is 0 Å². The second-order valence-electron chi connectivity index (χ2n) is 4.08. The third-order valence-corrected chi connectivity index (χ3v) is 3.87. The first-order valence-electron chi connectivity index (χ1n) is 5.50. The zero-order valence-corrected chi connectivity index (χ0v) is 12.9. The summed E-state index contributed by atoms with van der Waals surface area (Å²) in [5.41, 5.74) is 3.24. The third-order valence-electron chi connectivity index (χ3n) is 2.56. The second kappa shape index (κ2) is 5.96. The Labute approximate surface area is 125 Å². The van der Waals surface area contributed by atoms with Crippen LogP contribution in [-0.2, 0) is 6.54 Å². The molecule has 0 spiro atoms. The van der Waals surface area contributed by atoms with Crippen LogP contribution in [0.15, 0.2) is 40.9 Å². The molecule has 0 saturated carbocycles.